The van der Waals surface area contributed by atoms with Crippen LogP contribution in [-0.4, -0.2) is 64.4 Å². The highest BCUT2D eigenvalue weighted by Crippen LogP contribution is 2.36. The van der Waals surface area contributed by atoms with E-state index in [0.717, 1.165) is 11.3 Å². The highest BCUT2D eigenvalue weighted by Gasteiger charge is 2.48. The molecule has 5 heterocycles. The van der Waals surface area contributed by atoms with Gasteiger partial charge in [0.25, 0.3) is 5.56 Å². The first-order valence-electron chi connectivity index (χ1n) is 10.3. The van der Waals surface area contributed by atoms with E-state index < -0.39 is 30.1 Å². The summed E-state index contributed by atoms with van der Waals surface area (Å²) in [4.78, 5) is 36.7. The van der Waals surface area contributed by atoms with Gasteiger partial charge in [0.15, 0.2) is 5.78 Å². The minimum atomic E-state index is -4.60. The number of ether oxygens (including phenoxy) is 1. The first-order chi connectivity index (χ1) is 15.2. The Morgan fingerprint density at radius 1 is 1.31 bits per heavy atom. The van der Waals surface area contributed by atoms with Crippen molar-refractivity contribution in [1.29, 1.82) is 0 Å². The number of hydrogen-bond donors (Lipinski definition) is 1. The monoisotopic (exact) mass is 450 g/mol. The van der Waals surface area contributed by atoms with Gasteiger partial charge >= 0.3 is 6.18 Å². The number of Topliss-reactive ketones (excluding diaryl/α,β-unsaturated/α-hetero) is 1. The lowest BCUT2D eigenvalue weighted by molar-refractivity contribution is -0.152. The zero-order valence-electron chi connectivity index (χ0n) is 17.0. The number of carbonyl (C=O) groups is 1. The molecule has 0 spiro atoms. The topological polar surface area (TPSA) is 107 Å². The average Bonchev–Trinajstić information content (AvgIpc) is 3.37. The van der Waals surface area contributed by atoms with Crippen LogP contribution in [0.25, 0.3) is 0 Å². The Morgan fingerprint density at radius 2 is 2.12 bits per heavy atom. The molecule has 0 aliphatic carbocycles. The van der Waals surface area contributed by atoms with Gasteiger partial charge in [-0.15, -0.1) is 0 Å². The molecule has 32 heavy (non-hydrogen) atoms. The van der Waals surface area contributed by atoms with Crippen LogP contribution in [-0.2, 0) is 11.3 Å². The Morgan fingerprint density at radius 3 is 2.75 bits per heavy atom. The van der Waals surface area contributed by atoms with Crippen LogP contribution in [0.2, 0.25) is 0 Å². The number of carbonyl (C=O) groups excluding carboxylic acids is 1. The van der Waals surface area contributed by atoms with Crippen molar-refractivity contribution in [2.45, 2.75) is 43.8 Å². The number of anilines is 3. The summed E-state index contributed by atoms with van der Waals surface area (Å²) in [6, 6.07) is 2.27. The lowest BCUT2D eigenvalue weighted by atomic mass is 10.1. The third-order valence-corrected chi connectivity index (χ3v) is 6.23. The van der Waals surface area contributed by atoms with Crippen LogP contribution in [0.15, 0.2) is 29.2 Å². The van der Waals surface area contributed by atoms with Crippen LogP contribution in [0.5, 0.6) is 0 Å². The van der Waals surface area contributed by atoms with Crippen molar-refractivity contribution in [2.24, 2.45) is 0 Å². The Kier molecular flexibility index (Phi) is 4.84. The molecule has 3 aliphatic heterocycles. The van der Waals surface area contributed by atoms with Gasteiger partial charge in [0, 0.05) is 30.9 Å². The summed E-state index contributed by atoms with van der Waals surface area (Å²) < 4.78 is 48.4. The normalized spacial score (nSPS) is 24.7. The highest BCUT2D eigenvalue weighted by atomic mass is 19.4. The van der Waals surface area contributed by atoms with E-state index in [1.165, 1.54) is 29.0 Å². The van der Waals surface area contributed by atoms with Crippen LogP contribution < -0.4 is 21.1 Å². The van der Waals surface area contributed by atoms with Crippen LogP contribution in [0.4, 0.5) is 30.8 Å². The zero-order valence-corrected chi connectivity index (χ0v) is 17.0. The summed E-state index contributed by atoms with van der Waals surface area (Å²) in [5, 5.41) is 0. The van der Waals surface area contributed by atoms with Gasteiger partial charge in [-0.3, -0.25) is 14.2 Å². The summed E-state index contributed by atoms with van der Waals surface area (Å²) in [5.41, 5.74) is 5.21. The molecule has 2 bridgehead atoms. The van der Waals surface area contributed by atoms with E-state index in [1.54, 1.807) is 0 Å². The molecule has 3 atom stereocenters. The fraction of sp³-hybridized carbons (Fsp3) is 0.500. The Labute approximate surface area is 180 Å². The number of nitrogen functional groups attached to an aromatic ring is 1. The first-order valence-corrected chi connectivity index (χ1v) is 10.3. The van der Waals surface area contributed by atoms with Crippen molar-refractivity contribution >= 4 is 23.4 Å². The van der Waals surface area contributed by atoms with Crippen molar-refractivity contribution in [3.05, 3.63) is 40.3 Å². The Bertz CT molecular complexity index is 1100. The number of rotatable bonds is 4. The van der Waals surface area contributed by atoms with Crippen LogP contribution in [0, 0.1) is 0 Å². The third kappa shape index (κ3) is 3.57. The molecule has 12 heteroatoms. The largest absolute Gasteiger partial charge is 0.408 e. The van der Waals surface area contributed by atoms with Crippen molar-refractivity contribution < 1.29 is 22.7 Å². The number of alkyl halides is 3. The summed E-state index contributed by atoms with van der Waals surface area (Å²) in [6.45, 7) is 0.289. The SMILES string of the molecule is Nc1ccc(C(=O)CN2c3nc(N4CC5CC4CO5)cc(=O)n3CC[C@H]2C(F)(F)F)cn1. The number of nitrogens with zero attached hydrogens (tertiary/aromatic N) is 5. The third-order valence-electron chi connectivity index (χ3n) is 6.23. The maximum Gasteiger partial charge on any atom is 0.408 e. The number of ketones is 1. The van der Waals surface area contributed by atoms with Crippen LogP contribution in [0.1, 0.15) is 23.2 Å². The number of nitrogens with two attached hydrogens (primary N) is 1. The van der Waals surface area contributed by atoms with E-state index >= 15 is 0 Å². The van der Waals surface area contributed by atoms with E-state index in [0.29, 0.717) is 19.0 Å². The summed E-state index contributed by atoms with van der Waals surface area (Å²) in [7, 11) is 0. The fourth-order valence-electron chi connectivity index (χ4n) is 4.62. The molecular formula is C20H21F3N6O3. The van der Waals surface area contributed by atoms with Gasteiger partial charge < -0.3 is 20.3 Å². The molecule has 3 aliphatic rings. The molecule has 0 radical (unpaired) electrons. The lowest BCUT2D eigenvalue weighted by Crippen LogP contribution is -2.54. The minimum Gasteiger partial charge on any atom is -0.384 e. The highest BCUT2D eigenvalue weighted by molar-refractivity contribution is 5.99. The predicted octanol–water partition coefficient (Wildman–Crippen LogP) is 1.22. The van der Waals surface area contributed by atoms with Crippen molar-refractivity contribution in [3.63, 3.8) is 0 Å². The van der Waals surface area contributed by atoms with Crippen molar-refractivity contribution in [1.82, 2.24) is 14.5 Å². The number of hydrogen-bond acceptors (Lipinski definition) is 8. The molecule has 170 valence electrons. The first kappa shape index (κ1) is 20.7. The van der Waals surface area contributed by atoms with E-state index in [1.807, 2.05) is 4.90 Å². The quantitative estimate of drug-likeness (QED) is 0.694. The maximum atomic E-state index is 13.9. The van der Waals surface area contributed by atoms with Gasteiger partial charge in [0.05, 0.1) is 25.3 Å². The van der Waals surface area contributed by atoms with Gasteiger partial charge in [0.1, 0.15) is 17.7 Å². The second-order valence-corrected chi connectivity index (χ2v) is 8.27. The Balaban J connectivity index is 1.53. The standard InChI is InChI=1S/C20H21F3N6O3/c21-20(22,23)15-3-4-27-18(31)6-17(28-8-13-5-12(28)10-32-13)26-19(27)29(15)9-14(30)11-1-2-16(24)25-7-11/h1-2,6-7,12-13,15H,3-5,8-10H2,(H2,24,25)/t12?,13?,15-/m0/s1. The number of fused-ring (bicyclic) bond motifs is 3. The second kappa shape index (κ2) is 7.47. The molecule has 2 saturated heterocycles. The summed E-state index contributed by atoms with van der Waals surface area (Å²) in [5.74, 6) is -0.221. The molecule has 2 N–H and O–H groups in total. The van der Waals surface area contributed by atoms with Crippen LogP contribution in [0.3, 0.4) is 0 Å². The number of halogens is 3. The van der Waals surface area contributed by atoms with Crippen molar-refractivity contribution in [2.75, 3.05) is 35.2 Å². The summed E-state index contributed by atoms with van der Waals surface area (Å²) in [6.07, 6.45) is -2.91. The average molecular weight is 450 g/mol. The molecular weight excluding hydrogens is 429 g/mol. The van der Waals surface area contributed by atoms with E-state index in [-0.39, 0.29) is 42.4 Å². The summed E-state index contributed by atoms with van der Waals surface area (Å²) >= 11 is 0. The van der Waals surface area contributed by atoms with Crippen LogP contribution >= 0.6 is 0 Å². The minimum absolute atomic E-state index is 0.0270. The lowest BCUT2D eigenvalue weighted by Gasteiger charge is -2.39. The molecule has 2 unspecified atom stereocenters. The van der Waals surface area contributed by atoms with Gasteiger partial charge in [-0.05, 0) is 25.0 Å². The fourth-order valence-corrected chi connectivity index (χ4v) is 4.62. The van der Waals surface area contributed by atoms with Gasteiger partial charge in [-0.1, -0.05) is 0 Å². The van der Waals surface area contributed by atoms with E-state index in [2.05, 4.69) is 9.97 Å². The molecule has 0 aromatic carbocycles. The Hall–Kier alpha value is -3.15. The van der Waals surface area contributed by atoms with E-state index in [9.17, 15) is 22.8 Å². The molecule has 2 aromatic heterocycles. The maximum absolute atomic E-state index is 13.9. The molecule has 2 fully saturated rings. The molecule has 0 amide bonds. The van der Waals surface area contributed by atoms with E-state index in [4.69, 9.17) is 10.5 Å². The van der Waals surface area contributed by atoms with Gasteiger partial charge in [-0.25, -0.2) is 4.98 Å². The number of pyridine rings is 1. The number of aromatic nitrogens is 3. The van der Waals surface area contributed by atoms with Gasteiger partial charge in [0.2, 0.25) is 5.95 Å². The molecule has 0 saturated carbocycles. The second-order valence-electron chi connectivity index (χ2n) is 8.27. The van der Waals surface area contributed by atoms with Gasteiger partial charge in [-0.2, -0.15) is 18.2 Å². The molecule has 5 rings (SSSR count). The predicted molar refractivity (Wildman–Crippen MR) is 109 cm³/mol. The zero-order chi connectivity index (χ0) is 22.6. The van der Waals surface area contributed by atoms with Crippen molar-refractivity contribution in [3.8, 4) is 0 Å². The molecule has 2 aromatic rings. The number of morpholine rings is 1. The molecule has 9 nitrogen and oxygen atoms in total. The smallest absolute Gasteiger partial charge is 0.384 e.